The third kappa shape index (κ3) is 4.30. The topological polar surface area (TPSA) is 41.4 Å². The van der Waals surface area contributed by atoms with Crippen LogP contribution in [0, 0.1) is 6.92 Å². The van der Waals surface area contributed by atoms with Crippen LogP contribution in [0.2, 0.25) is 0 Å². The van der Waals surface area contributed by atoms with Crippen molar-refractivity contribution in [3.05, 3.63) is 46.7 Å². The number of imidazole rings is 1. The summed E-state index contributed by atoms with van der Waals surface area (Å²) in [5, 5.41) is 2.02. The third-order valence-electron chi connectivity index (χ3n) is 4.20. The molecule has 1 aliphatic heterocycles. The molecule has 2 aromatic rings. The first kappa shape index (κ1) is 16.0. The number of hydrogen-bond donors (Lipinski definition) is 0. The minimum absolute atomic E-state index is 0.114. The maximum atomic E-state index is 12.2. The van der Waals surface area contributed by atoms with Crippen LogP contribution in [0.1, 0.15) is 10.7 Å². The zero-order valence-corrected chi connectivity index (χ0v) is 14.2. The van der Waals surface area contributed by atoms with Gasteiger partial charge in [-0.2, -0.15) is 0 Å². The first-order valence-corrected chi connectivity index (χ1v) is 8.81. The van der Waals surface area contributed by atoms with Gasteiger partial charge in [-0.3, -0.25) is 9.69 Å². The van der Waals surface area contributed by atoms with Gasteiger partial charge >= 0.3 is 0 Å². The smallest absolute Gasteiger partial charge is 0.246 e. The van der Waals surface area contributed by atoms with Crippen LogP contribution in [-0.2, 0) is 11.3 Å². The van der Waals surface area contributed by atoms with Crippen LogP contribution in [-0.4, -0.2) is 58.0 Å². The van der Waals surface area contributed by atoms with Crippen LogP contribution in [0.3, 0.4) is 0 Å². The standard InChI is InChI=1S/C17H22N4OS/c1-15-18-6-7-20(15)11-8-19-9-12-21(13-10-19)17(22)5-4-16-3-2-14-23-16/h2-7,14H,8-13H2,1H3/b5-4+. The summed E-state index contributed by atoms with van der Waals surface area (Å²) in [5.74, 6) is 1.17. The molecule has 3 heterocycles. The molecule has 0 unspecified atom stereocenters. The van der Waals surface area contributed by atoms with E-state index in [1.807, 2.05) is 47.8 Å². The van der Waals surface area contributed by atoms with E-state index < -0.39 is 0 Å². The zero-order chi connectivity index (χ0) is 16.1. The molecule has 23 heavy (non-hydrogen) atoms. The highest BCUT2D eigenvalue weighted by molar-refractivity contribution is 7.10. The van der Waals surface area contributed by atoms with Gasteiger partial charge in [0.15, 0.2) is 0 Å². The number of hydrogen-bond acceptors (Lipinski definition) is 4. The maximum Gasteiger partial charge on any atom is 0.246 e. The SMILES string of the molecule is Cc1nccn1CCN1CCN(C(=O)/C=C/c2cccs2)CC1. The quantitative estimate of drug-likeness (QED) is 0.789. The fourth-order valence-corrected chi connectivity index (χ4v) is 3.34. The number of aromatic nitrogens is 2. The largest absolute Gasteiger partial charge is 0.337 e. The molecular weight excluding hydrogens is 308 g/mol. The third-order valence-corrected chi connectivity index (χ3v) is 5.04. The average molecular weight is 330 g/mol. The second-order valence-electron chi connectivity index (χ2n) is 5.68. The first-order chi connectivity index (χ1) is 11.2. The van der Waals surface area contributed by atoms with E-state index in [0.29, 0.717) is 0 Å². The zero-order valence-electron chi connectivity index (χ0n) is 13.4. The number of aryl methyl sites for hydroxylation is 1. The summed E-state index contributed by atoms with van der Waals surface area (Å²) in [6.45, 7) is 7.46. The molecule has 6 heteroatoms. The van der Waals surface area contributed by atoms with E-state index in [9.17, 15) is 4.79 Å². The van der Waals surface area contributed by atoms with Gasteiger partial charge in [-0.25, -0.2) is 4.98 Å². The normalized spacial score (nSPS) is 16.3. The van der Waals surface area contributed by atoms with E-state index >= 15 is 0 Å². The van der Waals surface area contributed by atoms with Gasteiger partial charge in [-0.05, 0) is 24.4 Å². The van der Waals surface area contributed by atoms with Crippen LogP contribution < -0.4 is 0 Å². The van der Waals surface area contributed by atoms with Crippen molar-refractivity contribution in [2.24, 2.45) is 0 Å². The fourth-order valence-electron chi connectivity index (χ4n) is 2.73. The Balaban J connectivity index is 1.43. The fraction of sp³-hybridized carbons (Fsp3) is 0.412. The van der Waals surface area contributed by atoms with Crippen molar-refractivity contribution in [2.75, 3.05) is 32.7 Å². The summed E-state index contributed by atoms with van der Waals surface area (Å²) in [5.41, 5.74) is 0. The minimum atomic E-state index is 0.114. The van der Waals surface area contributed by atoms with E-state index in [-0.39, 0.29) is 5.91 Å². The number of rotatable bonds is 5. The van der Waals surface area contributed by atoms with Gasteiger partial charge in [-0.1, -0.05) is 6.07 Å². The van der Waals surface area contributed by atoms with Crippen molar-refractivity contribution in [3.63, 3.8) is 0 Å². The molecule has 3 rings (SSSR count). The van der Waals surface area contributed by atoms with Crippen LogP contribution in [0.15, 0.2) is 36.0 Å². The van der Waals surface area contributed by atoms with Crippen LogP contribution in [0.4, 0.5) is 0 Å². The number of thiophene rings is 1. The molecule has 0 aromatic carbocycles. The predicted molar refractivity (Wildman–Crippen MR) is 93.3 cm³/mol. The lowest BCUT2D eigenvalue weighted by Gasteiger charge is -2.34. The number of carbonyl (C=O) groups is 1. The van der Waals surface area contributed by atoms with Crippen molar-refractivity contribution in [1.82, 2.24) is 19.4 Å². The Hall–Kier alpha value is -1.92. The van der Waals surface area contributed by atoms with Gasteiger partial charge in [-0.15, -0.1) is 11.3 Å². The molecular formula is C17H22N4OS. The molecule has 0 bridgehead atoms. The van der Waals surface area contributed by atoms with Gasteiger partial charge in [0.1, 0.15) is 5.82 Å². The molecule has 2 aromatic heterocycles. The molecule has 1 saturated heterocycles. The molecule has 0 atom stereocenters. The van der Waals surface area contributed by atoms with Crippen molar-refractivity contribution in [2.45, 2.75) is 13.5 Å². The summed E-state index contributed by atoms with van der Waals surface area (Å²) in [4.78, 5) is 21.9. The summed E-state index contributed by atoms with van der Waals surface area (Å²) >= 11 is 1.65. The number of nitrogens with zero attached hydrogens (tertiary/aromatic N) is 4. The van der Waals surface area contributed by atoms with Gasteiger partial charge in [0.2, 0.25) is 5.91 Å². The highest BCUT2D eigenvalue weighted by Crippen LogP contribution is 2.11. The molecule has 0 radical (unpaired) electrons. The van der Waals surface area contributed by atoms with E-state index in [2.05, 4.69) is 14.5 Å². The minimum Gasteiger partial charge on any atom is -0.337 e. The number of piperazine rings is 1. The lowest BCUT2D eigenvalue weighted by atomic mass is 10.3. The molecule has 1 aliphatic rings. The Kier molecular flexibility index (Phi) is 5.25. The van der Waals surface area contributed by atoms with Crippen LogP contribution >= 0.6 is 11.3 Å². The lowest BCUT2D eigenvalue weighted by Crippen LogP contribution is -2.48. The van der Waals surface area contributed by atoms with Gasteiger partial charge < -0.3 is 9.47 Å². The second kappa shape index (κ2) is 7.57. The van der Waals surface area contributed by atoms with Crippen molar-refractivity contribution >= 4 is 23.3 Å². The summed E-state index contributed by atoms with van der Waals surface area (Å²) < 4.78 is 2.17. The van der Waals surface area contributed by atoms with Gasteiger partial charge in [0.25, 0.3) is 0 Å². The highest BCUT2D eigenvalue weighted by Gasteiger charge is 2.19. The Morgan fingerprint density at radius 2 is 2.13 bits per heavy atom. The lowest BCUT2D eigenvalue weighted by molar-refractivity contribution is -0.127. The Morgan fingerprint density at radius 1 is 1.30 bits per heavy atom. The summed E-state index contributed by atoms with van der Waals surface area (Å²) in [7, 11) is 0. The molecule has 1 fully saturated rings. The molecule has 0 spiro atoms. The van der Waals surface area contributed by atoms with Crippen molar-refractivity contribution < 1.29 is 4.79 Å². The molecule has 5 nitrogen and oxygen atoms in total. The summed E-state index contributed by atoms with van der Waals surface area (Å²) in [6.07, 6.45) is 7.45. The second-order valence-corrected chi connectivity index (χ2v) is 6.66. The van der Waals surface area contributed by atoms with E-state index in [1.165, 1.54) is 0 Å². The number of carbonyl (C=O) groups excluding carboxylic acids is 1. The Labute approximate surface area is 140 Å². The van der Waals surface area contributed by atoms with E-state index in [0.717, 1.165) is 50.0 Å². The van der Waals surface area contributed by atoms with Crippen molar-refractivity contribution in [1.29, 1.82) is 0 Å². The monoisotopic (exact) mass is 330 g/mol. The first-order valence-electron chi connectivity index (χ1n) is 7.93. The Bertz CT molecular complexity index is 654. The van der Waals surface area contributed by atoms with E-state index in [4.69, 9.17) is 0 Å². The van der Waals surface area contributed by atoms with E-state index in [1.54, 1.807) is 17.4 Å². The average Bonchev–Trinajstić information content (AvgIpc) is 3.23. The molecule has 0 saturated carbocycles. The predicted octanol–water partition coefficient (Wildman–Crippen LogP) is 2.11. The van der Waals surface area contributed by atoms with Gasteiger partial charge in [0.05, 0.1) is 0 Å². The Morgan fingerprint density at radius 3 is 2.78 bits per heavy atom. The van der Waals surface area contributed by atoms with Crippen LogP contribution in [0.25, 0.3) is 6.08 Å². The molecule has 1 amide bonds. The van der Waals surface area contributed by atoms with Gasteiger partial charge in [0, 0.05) is 62.6 Å². The summed E-state index contributed by atoms with van der Waals surface area (Å²) in [6, 6.07) is 4.01. The van der Waals surface area contributed by atoms with Crippen molar-refractivity contribution in [3.8, 4) is 0 Å². The highest BCUT2D eigenvalue weighted by atomic mass is 32.1. The molecule has 0 N–H and O–H groups in total. The molecule has 122 valence electrons. The van der Waals surface area contributed by atoms with Crippen LogP contribution in [0.5, 0.6) is 0 Å². The maximum absolute atomic E-state index is 12.2. The molecule has 0 aliphatic carbocycles. The number of amides is 1.